The SMILES string of the molecule is CCCC1(CNC(=O)N(CC(C)O)C(C)C)CCC1. The Balaban J connectivity index is 2.47. The normalized spacial score (nSPS) is 18.8. The number of aliphatic hydroxyl groups is 1. The number of carbonyl (C=O) groups is 1. The van der Waals surface area contributed by atoms with E-state index in [1.807, 2.05) is 13.8 Å². The molecule has 2 N–H and O–H groups in total. The number of rotatable bonds is 7. The fourth-order valence-corrected chi connectivity index (χ4v) is 2.90. The van der Waals surface area contributed by atoms with Gasteiger partial charge in [-0.25, -0.2) is 4.79 Å². The number of aliphatic hydroxyl groups excluding tert-OH is 1. The maximum atomic E-state index is 12.2. The lowest BCUT2D eigenvalue weighted by molar-refractivity contribution is 0.0986. The van der Waals surface area contributed by atoms with Crippen LogP contribution in [0.1, 0.15) is 59.8 Å². The largest absolute Gasteiger partial charge is 0.392 e. The molecule has 1 unspecified atom stereocenters. The molecule has 1 atom stereocenters. The van der Waals surface area contributed by atoms with Gasteiger partial charge in [0.2, 0.25) is 0 Å². The molecule has 1 aliphatic rings. The van der Waals surface area contributed by atoms with E-state index in [9.17, 15) is 9.90 Å². The molecular weight excluding hydrogens is 240 g/mol. The fourth-order valence-electron chi connectivity index (χ4n) is 2.90. The van der Waals surface area contributed by atoms with Crippen LogP contribution >= 0.6 is 0 Å². The Bertz CT molecular complexity index is 286. The Labute approximate surface area is 117 Å². The van der Waals surface area contributed by atoms with Gasteiger partial charge in [-0.3, -0.25) is 0 Å². The van der Waals surface area contributed by atoms with Crippen LogP contribution in [0, 0.1) is 5.41 Å². The summed E-state index contributed by atoms with van der Waals surface area (Å²) in [6, 6.07) is 0.0661. The first kappa shape index (κ1) is 16.3. The van der Waals surface area contributed by atoms with Crippen molar-refractivity contribution in [3.63, 3.8) is 0 Å². The quantitative estimate of drug-likeness (QED) is 0.747. The highest BCUT2D eigenvalue weighted by Gasteiger charge is 2.36. The van der Waals surface area contributed by atoms with Gasteiger partial charge in [-0.1, -0.05) is 19.8 Å². The Morgan fingerprint density at radius 1 is 1.37 bits per heavy atom. The van der Waals surface area contributed by atoms with Gasteiger partial charge in [0.15, 0.2) is 0 Å². The first-order chi connectivity index (χ1) is 8.90. The third-order valence-corrected chi connectivity index (χ3v) is 4.15. The van der Waals surface area contributed by atoms with Crippen LogP contribution in [0.2, 0.25) is 0 Å². The van der Waals surface area contributed by atoms with Crippen molar-refractivity contribution in [1.29, 1.82) is 0 Å². The van der Waals surface area contributed by atoms with Gasteiger partial charge in [0.05, 0.1) is 6.10 Å². The minimum Gasteiger partial charge on any atom is -0.392 e. The lowest BCUT2D eigenvalue weighted by Gasteiger charge is -2.42. The molecule has 1 rings (SSSR count). The van der Waals surface area contributed by atoms with Crippen molar-refractivity contribution in [2.75, 3.05) is 13.1 Å². The minimum absolute atomic E-state index is 0.0433. The van der Waals surface area contributed by atoms with Crippen LogP contribution < -0.4 is 5.32 Å². The lowest BCUT2D eigenvalue weighted by atomic mass is 9.66. The second kappa shape index (κ2) is 7.13. The summed E-state index contributed by atoms with van der Waals surface area (Å²) in [6.45, 7) is 9.05. The Morgan fingerprint density at radius 3 is 2.37 bits per heavy atom. The summed E-state index contributed by atoms with van der Waals surface area (Å²) in [5, 5.41) is 12.5. The molecule has 0 heterocycles. The van der Waals surface area contributed by atoms with E-state index >= 15 is 0 Å². The molecular formula is C15H30N2O2. The Hall–Kier alpha value is -0.770. The van der Waals surface area contributed by atoms with E-state index in [0.717, 1.165) is 6.54 Å². The summed E-state index contributed by atoms with van der Waals surface area (Å²) in [5.41, 5.74) is 0.345. The van der Waals surface area contributed by atoms with Gasteiger partial charge < -0.3 is 15.3 Å². The minimum atomic E-state index is -0.485. The predicted molar refractivity (Wildman–Crippen MR) is 78.1 cm³/mol. The van der Waals surface area contributed by atoms with Gasteiger partial charge in [-0.2, -0.15) is 0 Å². The van der Waals surface area contributed by atoms with Crippen LogP contribution in [0.25, 0.3) is 0 Å². The summed E-state index contributed by atoms with van der Waals surface area (Å²) in [7, 11) is 0. The third-order valence-electron chi connectivity index (χ3n) is 4.15. The zero-order valence-corrected chi connectivity index (χ0v) is 12.9. The van der Waals surface area contributed by atoms with Crippen LogP contribution in [0.15, 0.2) is 0 Å². The zero-order chi connectivity index (χ0) is 14.5. The van der Waals surface area contributed by atoms with Crippen LogP contribution in [-0.2, 0) is 0 Å². The number of nitrogens with one attached hydrogen (secondary N) is 1. The topological polar surface area (TPSA) is 52.6 Å². The molecule has 1 fully saturated rings. The predicted octanol–water partition coefficient (Wildman–Crippen LogP) is 2.76. The van der Waals surface area contributed by atoms with E-state index in [0.29, 0.717) is 12.0 Å². The van der Waals surface area contributed by atoms with E-state index < -0.39 is 6.10 Å². The van der Waals surface area contributed by atoms with Crippen molar-refractivity contribution >= 4 is 6.03 Å². The molecule has 1 saturated carbocycles. The van der Waals surface area contributed by atoms with E-state index in [-0.39, 0.29) is 12.1 Å². The van der Waals surface area contributed by atoms with Crippen LogP contribution in [0.4, 0.5) is 4.79 Å². The number of hydrogen-bond acceptors (Lipinski definition) is 2. The van der Waals surface area contributed by atoms with E-state index in [4.69, 9.17) is 0 Å². The first-order valence-electron chi connectivity index (χ1n) is 7.63. The molecule has 0 radical (unpaired) electrons. The number of hydrogen-bond donors (Lipinski definition) is 2. The van der Waals surface area contributed by atoms with Crippen molar-refractivity contribution in [2.45, 2.75) is 71.9 Å². The third kappa shape index (κ3) is 4.68. The molecule has 19 heavy (non-hydrogen) atoms. The Kier molecular flexibility index (Phi) is 6.11. The summed E-state index contributed by atoms with van der Waals surface area (Å²) >= 11 is 0. The molecule has 0 aromatic rings. The molecule has 0 aliphatic heterocycles. The second-order valence-corrected chi connectivity index (χ2v) is 6.36. The monoisotopic (exact) mass is 270 g/mol. The van der Waals surface area contributed by atoms with Gasteiger partial charge in [0.25, 0.3) is 0 Å². The number of urea groups is 1. The average Bonchev–Trinajstić information content (AvgIpc) is 2.28. The maximum Gasteiger partial charge on any atom is 0.317 e. The first-order valence-corrected chi connectivity index (χ1v) is 7.63. The molecule has 112 valence electrons. The standard InChI is InChI=1S/C15H30N2O2/c1-5-7-15(8-6-9-15)11-16-14(19)17(12(2)3)10-13(4)18/h12-13,18H,5-11H2,1-4H3,(H,16,19). The highest BCUT2D eigenvalue weighted by molar-refractivity contribution is 5.74. The zero-order valence-electron chi connectivity index (χ0n) is 12.9. The van der Waals surface area contributed by atoms with Gasteiger partial charge >= 0.3 is 6.03 Å². The van der Waals surface area contributed by atoms with E-state index in [1.165, 1.54) is 32.1 Å². The number of nitrogens with zero attached hydrogens (tertiary/aromatic N) is 1. The highest BCUT2D eigenvalue weighted by atomic mass is 16.3. The van der Waals surface area contributed by atoms with Gasteiger partial charge in [0, 0.05) is 19.1 Å². The van der Waals surface area contributed by atoms with Crippen molar-refractivity contribution < 1.29 is 9.90 Å². The molecule has 2 amide bonds. The van der Waals surface area contributed by atoms with Gasteiger partial charge in [0.1, 0.15) is 0 Å². The fraction of sp³-hybridized carbons (Fsp3) is 0.933. The van der Waals surface area contributed by atoms with Crippen molar-refractivity contribution in [1.82, 2.24) is 10.2 Å². The molecule has 0 bridgehead atoms. The molecule has 1 aliphatic carbocycles. The lowest BCUT2D eigenvalue weighted by Crippen LogP contribution is -2.50. The van der Waals surface area contributed by atoms with E-state index in [2.05, 4.69) is 12.2 Å². The number of amides is 2. The van der Waals surface area contributed by atoms with Crippen molar-refractivity contribution in [3.8, 4) is 0 Å². The van der Waals surface area contributed by atoms with Crippen LogP contribution in [0.3, 0.4) is 0 Å². The summed E-state index contributed by atoms with van der Waals surface area (Å²) in [6.07, 6.45) is 5.65. The molecule has 4 nitrogen and oxygen atoms in total. The summed E-state index contributed by atoms with van der Waals surface area (Å²) in [5.74, 6) is 0. The summed E-state index contributed by atoms with van der Waals surface area (Å²) in [4.78, 5) is 13.9. The molecule has 0 aromatic heterocycles. The summed E-state index contributed by atoms with van der Waals surface area (Å²) < 4.78 is 0. The van der Waals surface area contributed by atoms with Crippen LogP contribution in [0.5, 0.6) is 0 Å². The van der Waals surface area contributed by atoms with Crippen LogP contribution in [-0.4, -0.2) is 41.3 Å². The average molecular weight is 270 g/mol. The molecule has 0 saturated heterocycles. The Morgan fingerprint density at radius 2 is 2.00 bits per heavy atom. The second-order valence-electron chi connectivity index (χ2n) is 6.36. The van der Waals surface area contributed by atoms with Gasteiger partial charge in [-0.05, 0) is 45.4 Å². The van der Waals surface area contributed by atoms with E-state index in [1.54, 1.807) is 11.8 Å². The van der Waals surface area contributed by atoms with Crippen molar-refractivity contribution in [3.05, 3.63) is 0 Å². The number of carbonyl (C=O) groups excluding carboxylic acids is 1. The highest BCUT2D eigenvalue weighted by Crippen LogP contribution is 2.44. The molecule has 4 heteroatoms. The molecule has 0 aromatic carbocycles. The molecule has 0 spiro atoms. The van der Waals surface area contributed by atoms with Gasteiger partial charge in [-0.15, -0.1) is 0 Å². The van der Waals surface area contributed by atoms with Crippen molar-refractivity contribution in [2.24, 2.45) is 5.41 Å². The maximum absolute atomic E-state index is 12.2. The smallest absolute Gasteiger partial charge is 0.317 e.